The van der Waals surface area contributed by atoms with E-state index in [9.17, 15) is 20.0 Å². The van der Waals surface area contributed by atoms with Crippen molar-refractivity contribution in [2.75, 3.05) is 32.8 Å². The van der Waals surface area contributed by atoms with E-state index < -0.39 is 4.92 Å². The molecule has 0 bridgehead atoms. The number of nitro benzene ring substituents is 1. The maximum absolute atomic E-state index is 12.6. The smallest absolute Gasteiger partial charge is 0.273 e. The summed E-state index contributed by atoms with van der Waals surface area (Å²) in [6.07, 6.45) is 0.869. The summed E-state index contributed by atoms with van der Waals surface area (Å²) < 4.78 is 0. The molecule has 1 fully saturated rings. The van der Waals surface area contributed by atoms with Crippen LogP contribution in [0.15, 0.2) is 18.2 Å². The third kappa shape index (κ3) is 3.68. The first-order chi connectivity index (χ1) is 11.0. The van der Waals surface area contributed by atoms with Gasteiger partial charge in [0.05, 0.1) is 11.5 Å². The van der Waals surface area contributed by atoms with Crippen LogP contribution in [0.5, 0.6) is 0 Å². The lowest BCUT2D eigenvalue weighted by molar-refractivity contribution is -0.385. The van der Waals surface area contributed by atoms with Crippen LogP contribution >= 0.6 is 0 Å². The third-order valence-electron chi connectivity index (χ3n) is 4.53. The molecule has 0 aliphatic carbocycles. The standard InChI is InChI=1S/C16H23N3O4/c1-3-13(11-20)17-7-9-18(10-8-17)16(21)14-5-4-6-15(12(14)2)19(22)23/h4-6,13,20H,3,7-11H2,1-2H3. The van der Waals surface area contributed by atoms with Gasteiger partial charge in [-0.2, -0.15) is 0 Å². The minimum Gasteiger partial charge on any atom is -0.395 e. The molecule has 2 rings (SSSR count). The Morgan fingerprint density at radius 2 is 2.00 bits per heavy atom. The van der Waals surface area contributed by atoms with Crippen molar-refractivity contribution in [3.05, 3.63) is 39.4 Å². The number of amides is 1. The lowest BCUT2D eigenvalue weighted by Crippen LogP contribution is -2.52. The molecule has 0 spiro atoms. The summed E-state index contributed by atoms with van der Waals surface area (Å²) in [5.74, 6) is -0.164. The fraction of sp³-hybridized carbons (Fsp3) is 0.562. The van der Waals surface area contributed by atoms with Gasteiger partial charge in [0.1, 0.15) is 0 Å². The number of piperazine rings is 1. The quantitative estimate of drug-likeness (QED) is 0.655. The number of carbonyl (C=O) groups is 1. The maximum atomic E-state index is 12.6. The van der Waals surface area contributed by atoms with Crippen LogP contribution in [0.25, 0.3) is 0 Å². The fourth-order valence-electron chi connectivity index (χ4n) is 3.02. The van der Waals surface area contributed by atoms with Crippen LogP contribution in [-0.4, -0.2) is 64.6 Å². The lowest BCUT2D eigenvalue weighted by Gasteiger charge is -2.38. The van der Waals surface area contributed by atoms with Crippen LogP contribution in [0, 0.1) is 17.0 Å². The average molecular weight is 321 g/mol. The van der Waals surface area contributed by atoms with Crippen molar-refractivity contribution in [2.24, 2.45) is 0 Å². The Balaban J connectivity index is 2.09. The van der Waals surface area contributed by atoms with Crippen LogP contribution in [0.3, 0.4) is 0 Å². The summed E-state index contributed by atoms with van der Waals surface area (Å²) in [5, 5.41) is 20.4. The summed E-state index contributed by atoms with van der Waals surface area (Å²) in [4.78, 5) is 27.1. The normalized spacial score (nSPS) is 17.1. The summed E-state index contributed by atoms with van der Waals surface area (Å²) >= 11 is 0. The third-order valence-corrected chi connectivity index (χ3v) is 4.53. The molecule has 1 heterocycles. The second-order valence-corrected chi connectivity index (χ2v) is 5.78. The molecule has 0 aromatic heterocycles. The topological polar surface area (TPSA) is 86.9 Å². The van der Waals surface area contributed by atoms with E-state index in [0.29, 0.717) is 37.3 Å². The van der Waals surface area contributed by atoms with Crippen molar-refractivity contribution in [2.45, 2.75) is 26.3 Å². The molecule has 0 radical (unpaired) electrons. The molecule has 7 nitrogen and oxygen atoms in total. The van der Waals surface area contributed by atoms with E-state index >= 15 is 0 Å². The Hall–Kier alpha value is -1.99. The molecular weight excluding hydrogens is 298 g/mol. The van der Waals surface area contributed by atoms with Crippen molar-refractivity contribution in [1.29, 1.82) is 0 Å². The highest BCUT2D eigenvalue weighted by atomic mass is 16.6. The van der Waals surface area contributed by atoms with Crippen LogP contribution in [0.1, 0.15) is 29.3 Å². The Bertz CT molecular complexity index is 579. The van der Waals surface area contributed by atoms with Crippen molar-refractivity contribution in [1.82, 2.24) is 9.80 Å². The van der Waals surface area contributed by atoms with Gasteiger partial charge in [0.2, 0.25) is 0 Å². The second kappa shape index (κ2) is 7.52. The van der Waals surface area contributed by atoms with E-state index in [1.165, 1.54) is 6.07 Å². The molecule has 0 saturated carbocycles. The first kappa shape index (κ1) is 17.4. The van der Waals surface area contributed by atoms with Gasteiger partial charge in [-0.05, 0) is 19.4 Å². The minimum atomic E-state index is -0.461. The monoisotopic (exact) mass is 321 g/mol. The number of nitro groups is 1. The first-order valence-corrected chi connectivity index (χ1v) is 7.87. The number of rotatable bonds is 5. The summed E-state index contributed by atoms with van der Waals surface area (Å²) in [6.45, 7) is 6.31. The molecule has 1 atom stereocenters. The van der Waals surface area contributed by atoms with Gasteiger partial charge in [-0.1, -0.05) is 13.0 Å². The first-order valence-electron chi connectivity index (χ1n) is 7.87. The lowest BCUT2D eigenvalue weighted by atomic mass is 10.0. The molecule has 1 aromatic rings. The van der Waals surface area contributed by atoms with E-state index in [2.05, 4.69) is 4.90 Å². The van der Waals surface area contributed by atoms with Crippen molar-refractivity contribution >= 4 is 11.6 Å². The summed E-state index contributed by atoms with van der Waals surface area (Å²) in [6, 6.07) is 4.73. The molecule has 1 N–H and O–H groups in total. The fourth-order valence-corrected chi connectivity index (χ4v) is 3.02. The van der Waals surface area contributed by atoms with E-state index in [1.807, 2.05) is 6.92 Å². The van der Waals surface area contributed by atoms with E-state index in [1.54, 1.807) is 24.0 Å². The predicted molar refractivity (Wildman–Crippen MR) is 86.5 cm³/mol. The van der Waals surface area contributed by atoms with Crippen molar-refractivity contribution < 1.29 is 14.8 Å². The molecule has 1 amide bonds. The number of hydrogen-bond donors (Lipinski definition) is 1. The Morgan fingerprint density at radius 1 is 1.35 bits per heavy atom. The number of hydrogen-bond acceptors (Lipinski definition) is 5. The Kier molecular flexibility index (Phi) is 5.68. The van der Waals surface area contributed by atoms with Gasteiger partial charge in [-0.3, -0.25) is 19.8 Å². The van der Waals surface area contributed by atoms with Crippen LogP contribution in [0.2, 0.25) is 0 Å². The highest BCUT2D eigenvalue weighted by molar-refractivity contribution is 5.96. The minimum absolute atomic E-state index is 0.0270. The molecule has 1 saturated heterocycles. The zero-order chi connectivity index (χ0) is 17.0. The molecule has 7 heteroatoms. The van der Waals surface area contributed by atoms with Crippen molar-refractivity contribution in [3.8, 4) is 0 Å². The van der Waals surface area contributed by atoms with Crippen LogP contribution in [-0.2, 0) is 0 Å². The number of aliphatic hydroxyl groups is 1. The number of aliphatic hydroxyl groups excluding tert-OH is 1. The van der Waals surface area contributed by atoms with Crippen molar-refractivity contribution in [3.63, 3.8) is 0 Å². The van der Waals surface area contributed by atoms with E-state index in [0.717, 1.165) is 6.42 Å². The average Bonchev–Trinajstić information content (AvgIpc) is 2.56. The SMILES string of the molecule is CCC(CO)N1CCN(C(=O)c2cccc([N+](=O)[O-])c2C)CC1. The van der Waals surface area contributed by atoms with Gasteiger partial charge < -0.3 is 10.0 Å². The molecule has 1 aromatic carbocycles. The van der Waals surface area contributed by atoms with Gasteiger partial charge in [-0.25, -0.2) is 0 Å². The highest BCUT2D eigenvalue weighted by Crippen LogP contribution is 2.23. The predicted octanol–water partition coefficient (Wildman–Crippen LogP) is 1.43. The van der Waals surface area contributed by atoms with E-state index in [-0.39, 0.29) is 24.2 Å². The highest BCUT2D eigenvalue weighted by Gasteiger charge is 2.27. The van der Waals surface area contributed by atoms with Crippen LogP contribution < -0.4 is 0 Å². The number of benzene rings is 1. The number of nitrogens with zero attached hydrogens (tertiary/aromatic N) is 3. The second-order valence-electron chi connectivity index (χ2n) is 5.78. The van der Waals surface area contributed by atoms with Gasteiger partial charge in [0.15, 0.2) is 0 Å². The van der Waals surface area contributed by atoms with Gasteiger partial charge >= 0.3 is 0 Å². The van der Waals surface area contributed by atoms with Gasteiger partial charge in [0.25, 0.3) is 11.6 Å². The Morgan fingerprint density at radius 3 is 2.52 bits per heavy atom. The van der Waals surface area contributed by atoms with Gasteiger partial charge in [0, 0.05) is 49.4 Å². The zero-order valence-corrected chi connectivity index (χ0v) is 13.6. The molecule has 1 unspecified atom stereocenters. The largest absolute Gasteiger partial charge is 0.395 e. The summed E-state index contributed by atoms with van der Waals surface area (Å²) in [7, 11) is 0. The molecule has 1 aliphatic heterocycles. The van der Waals surface area contributed by atoms with E-state index in [4.69, 9.17) is 0 Å². The molecular formula is C16H23N3O4. The molecule has 126 valence electrons. The number of carbonyl (C=O) groups excluding carboxylic acids is 1. The van der Waals surface area contributed by atoms with Gasteiger partial charge in [-0.15, -0.1) is 0 Å². The Labute approximate surface area is 135 Å². The zero-order valence-electron chi connectivity index (χ0n) is 13.6. The maximum Gasteiger partial charge on any atom is 0.273 e. The summed E-state index contributed by atoms with van der Waals surface area (Å²) in [5.41, 5.74) is 0.773. The molecule has 1 aliphatic rings. The van der Waals surface area contributed by atoms with Crippen LogP contribution in [0.4, 0.5) is 5.69 Å². The molecule has 23 heavy (non-hydrogen) atoms.